The van der Waals surface area contributed by atoms with Crippen LogP contribution in [0.25, 0.3) is 0 Å². The van der Waals surface area contributed by atoms with Crippen LogP contribution in [0.5, 0.6) is 11.5 Å². The molecule has 0 aliphatic carbocycles. The van der Waals surface area contributed by atoms with E-state index < -0.39 is 0 Å². The van der Waals surface area contributed by atoms with Crippen LogP contribution in [0.2, 0.25) is 0 Å². The summed E-state index contributed by atoms with van der Waals surface area (Å²) in [4.78, 5) is 15.4. The Bertz CT molecular complexity index is 470. The van der Waals surface area contributed by atoms with Gasteiger partial charge in [-0.1, -0.05) is 0 Å². The largest absolute Gasteiger partial charge is 0.497 e. The number of benzene rings is 1. The summed E-state index contributed by atoms with van der Waals surface area (Å²) in [6.07, 6.45) is -0.272. The van der Waals surface area contributed by atoms with Crippen molar-refractivity contribution in [1.82, 2.24) is 4.90 Å². The van der Waals surface area contributed by atoms with Crippen molar-refractivity contribution in [3.63, 3.8) is 0 Å². The summed E-state index contributed by atoms with van der Waals surface area (Å²) in [5, 5.41) is 0. The van der Waals surface area contributed by atoms with E-state index in [-0.39, 0.29) is 6.09 Å². The molecule has 1 aliphatic heterocycles. The van der Waals surface area contributed by atoms with Crippen LogP contribution in [-0.4, -0.2) is 58.5 Å². The number of ether oxygens (including phenoxy) is 3. The van der Waals surface area contributed by atoms with Crippen LogP contribution in [0.3, 0.4) is 0 Å². The van der Waals surface area contributed by atoms with Gasteiger partial charge < -0.3 is 24.0 Å². The number of methoxy groups -OCH3 is 3. The van der Waals surface area contributed by atoms with Crippen LogP contribution in [-0.2, 0) is 4.74 Å². The Hall–Kier alpha value is -2.11. The molecule has 6 nitrogen and oxygen atoms in total. The van der Waals surface area contributed by atoms with Crippen molar-refractivity contribution in [2.75, 3.05) is 52.4 Å². The van der Waals surface area contributed by atoms with Gasteiger partial charge in [-0.15, -0.1) is 0 Å². The second kappa shape index (κ2) is 6.36. The van der Waals surface area contributed by atoms with Crippen LogP contribution in [0.4, 0.5) is 10.5 Å². The van der Waals surface area contributed by atoms with Gasteiger partial charge in [0.05, 0.1) is 27.0 Å². The minimum atomic E-state index is -0.272. The van der Waals surface area contributed by atoms with Crippen LogP contribution in [0.15, 0.2) is 18.2 Å². The number of carbonyl (C=O) groups excluding carboxylic acids is 1. The molecule has 110 valence electrons. The first-order valence-corrected chi connectivity index (χ1v) is 6.49. The fourth-order valence-corrected chi connectivity index (χ4v) is 2.31. The Kier molecular flexibility index (Phi) is 4.55. The second-order valence-electron chi connectivity index (χ2n) is 4.48. The predicted molar refractivity (Wildman–Crippen MR) is 75.7 cm³/mol. The first-order valence-electron chi connectivity index (χ1n) is 6.49. The third-order valence-corrected chi connectivity index (χ3v) is 3.44. The molecule has 1 aromatic carbocycles. The Morgan fingerprint density at radius 1 is 1.05 bits per heavy atom. The van der Waals surface area contributed by atoms with E-state index in [4.69, 9.17) is 14.2 Å². The van der Waals surface area contributed by atoms with E-state index >= 15 is 0 Å². The molecule has 0 atom stereocenters. The van der Waals surface area contributed by atoms with E-state index in [1.165, 1.54) is 7.11 Å². The minimum Gasteiger partial charge on any atom is -0.497 e. The number of hydrogen-bond acceptors (Lipinski definition) is 5. The number of piperazine rings is 1. The van der Waals surface area contributed by atoms with Crippen LogP contribution in [0.1, 0.15) is 0 Å². The van der Waals surface area contributed by atoms with Gasteiger partial charge in [-0.05, 0) is 12.1 Å². The zero-order valence-electron chi connectivity index (χ0n) is 12.1. The van der Waals surface area contributed by atoms with Crippen molar-refractivity contribution in [3.05, 3.63) is 18.2 Å². The standard InChI is InChI=1S/C14H20N2O4/c1-18-11-4-5-12(13(10-11)19-2)15-6-8-16(9-7-15)14(17)20-3/h4-5,10H,6-9H2,1-3H3. The molecule has 1 heterocycles. The summed E-state index contributed by atoms with van der Waals surface area (Å²) in [6.45, 7) is 2.78. The Labute approximate surface area is 118 Å². The predicted octanol–water partition coefficient (Wildman–Crippen LogP) is 1.59. The van der Waals surface area contributed by atoms with Crippen molar-refractivity contribution in [2.45, 2.75) is 0 Å². The molecule has 0 spiro atoms. The van der Waals surface area contributed by atoms with Crippen molar-refractivity contribution in [2.24, 2.45) is 0 Å². The van der Waals surface area contributed by atoms with Crippen LogP contribution < -0.4 is 14.4 Å². The molecule has 1 aromatic rings. The Morgan fingerprint density at radius 3 is 2.30 bits per heavy atom. The number of amides is 1. The van der Waals surface area contributed by atoms with Gasteiger partial charge in [0.1, 0.15) is 11.5 Å². The number of rotatable bonds is 3. The number of nitrogens with zero attached hydrogens (tertiary/aromatic N) is 2. The van der Waals surface area contributed by atoms with E-state index in [2.05, 4.69) is 4.90 Å². The maximum Gasteiger partial charge on any atom is 0.409 e. The average Bonchev–Trinajstić information content (AvgIpc) is 2.53. The summed E-state index contributed by atoms with van der Waals surface area (Å²) in [7, 11) is 4.67. The van der Waals surface area contributed by atoms with Crippen molar-refractivity contribution < 1.29 is 19.0 Å². The van der Waals surface area contributed by atoms with Crippen LogP contribution in [0, 0.1) is 0 Å². The number of carbonyl (C=O) groups is 1. The fourth-order valence-electron chi connectivity index (χ4n) is 2.31. The molecule has 0 aromatic heterocycles. The average molecular weight is 280 g/mol. The molecule has 0 radical (unpaired) electrons. The smallest absolute Gasteiger partial charge is 0.409 e. The summed E-state index contributed by atoms with van der Waals surface area (Å²) < 4.78 is 15.3. The summed E-state index contributed by atoms with van der Waals surface area (Å²) in [5.74, 6) is 1.54. The maximum absolute atomic E-state index is 11.5. The topological polar surface area (TPSA) is 51.2 Å². The summed E-state index contributed by atoms with van der Waals surface area (Å²) in [6, 6.07) is 5.75. The van der Waals surface area contributed by atoms with Gasteiger partial charge in [-0.2, -0.15) is 0 Å². The molecular formula is C14H20N2O4. The lowest BCUT2D eigenvalue weighted by Crippen LogP contribution is -2.48. The zero-order valence-corrected chi connectivity index (χ0v) is 12.1. The molecule has 20 heavy (non-hydrogen) atoms. The lowest BCUT2D eigenvalue weighted by atomic mass is 10.2. The fraction of sp³-hybridized carbons (Fsp3) is 0.500. The highest BCUT2D eigenvalue weighted by molar-refractivity contribution is 5.68. The van der Waals surface area contributed by atoms with Gasteiger partial charge >= 0.3 is 6.09 Å². The monoisotopic (exact) mass is 280 g/mol. The first-order chi connectivity index (χ1) is 9.69. The third-order valence-electron chi connectivity index (χ3n) is 3.44. The van der Waals surface area contributed by atoms with Crippen LogP contribution >= 0.6 is 0 Å². The molecule has 1 aliphatic rings. The molecule has 6 heteroatoms. The van der Waals surface area contributed by atoms with E-state index in [0.29, 0.717) is 13.1 Å². The molecule has 1 saturated heterocycles. The SMILES string of the molecule is COC(=O)N1CCN(c2ccc(OC)cc2OC)CC1. The van der Waals surface area contributed by atoms with E-state index in [1.54, 1.807) is 19.1 Å². The molecular weight excluding hydrogens is 260 g/mol. The van der Waals surface area contributed by atoms with Gasteiger partial charge in [0, 0.05) is 32.2 Å². The lowest BCUT2D eigenvalue weighted by Gasteiger charge is -2.35. The zero-order chi connectivity index (χ0) is 14.5. The highest BCUT2D eigenvalue weighted by atomic mass is 16.5. The van der Waals surface area contributed by atoms with Gasteiger partial charge in [-0.25, -0.2) is 4.79 Å². The summed E-state index contributed by atoms with van der Waals surface area (Å²) in [5.41, 5.74) is 1.01. The van der Waals surface area contributed by atoms with Gasteiger partial charge in [0.25, 0.3) is 0 Å². The minimum absolute atomic E-state index is 0.272. The lowest BCUT2D eigenvalue weighted by molar-refractivity contribution is 0.121. The van der Waals surface area contributed by atoms with Crippen molar-refractivity contribution in [3.8, 4) is 11.5 Å². The molecule has 1 amide bonds. The number of hydrogen-bond donors (Lipinski definition) is 0. The normalized spacial score (nSPS) is 14.9. The molecule has 0 saturated carbocycles. The maximum atomic E-state index is 11.5. The highest BCUT2D eigenvalue weighted by Crippen LogP contribution is 2.32. The molecule has 0 N–H and O–H groups in total. The van der Waals surface area contributed by atoms with Gasteiger partial charge in [0.15, 0.2) is 0 Å². The number of anilines is 1. The molecule has 1 fully saturated rings. The van der Waals surface area contributed by atoms with Gasteiger partial charge in [0.2, 0.25) is 0 Å². The Morgan fingerprint density at radius 2 is 1.75 bits per heavy atom. The third kappa shape index (κ3) is 2.89. The van der Waals surface area contributed by atoms with Crippen molar-refractivity contribution in [1.29, 1.82) is 0 Å². The van der Waals surface area contributed by atoms with Gasteiger partial charge in [-0.3, -0.25) is 0 Å². The quantitative estimate of drug-likeness (QED) is 0.841. The van der Waals surface area contributed by atoms with E-state index in [0.717, 1.165) is 30.3 Å². The molecule has 0 unspecified atom stereocenters. The highest BCUT2D eigenvalue weighted by Gasteiger charge is 2.23. The second-order valence-corrected chi connectivity index (χ2v) is 4.48. The molecule has 2 rings (SSSR count). The van der Waals surface area contributed by atoms with E-state index in [1.807, 2.05) is 18.2 Å². The van der Waals surface area contributed by atoms with E-state index in [9.17, 15) is 4.79 Å². The van der Waals surface area contributed by atoms with Crippen molar-refractivity contribution >= 4 is 11.8 Å². The first kappa shape index (κ1) is 14.3. The molecule has 0 bridgehead atoms. The summed E-state index contributed by atoms with van der Waals surface area (Å²) >= 11 is 0. The Balaban J connectivity index is 2.08.